The van der Waals surface area contributed by atoms with Crippen molar-refractivity contribution in [3.8, 4) is 0 Å². The van der Waals surface area contributed by atoms with Gasteiger partial charge in [0.25, 0.3) is 0 Å². The molecule has 0 aliphatic carbocycles. The Kier molecular flexibility index (Phi) is 4.86. The minimum atomic E-state index is 0.729. The molecule has 24 heavy (non-hydrogen) atoms. The molecule has 3 aromatic rings. The van der Waals surface area contributed by atoms with Crippen LogP contribution in [0, 0.1) is 20.8 Å². The van der Waals surface area contributed by atoms with E-state index in [-0.39, 0.29) is 0 Å². The minimum absolute atomic E-state index is 0.729. The van der Waals surface area contributed by atoms with Crippen molar-refractivity contribution < 1.29 is 0 Å². The summed E-state index contributed by atoms with van der Waals surface area (Å²) in [4.78, 5) is 4.41. The van der Waals surface area contributed by atoms with Gasteiger partial charge in [-0.25, -0.2) is 4.98 Å². The second-order valence-electron chi connectivity index (χ2n) is 6.24. The van der Waals surface area contributed by atoms with E-state index < -0.39 is 0 Å². The molecule has 0 saturated carbocycles. The molecule has 122 valence electrons. The molecule has 0 spiro atoms. The fraction of sp³-hybridized carbons (Fsp3) is 0.190. The van der Waals surface area contributed by atoms with Crippen molar-refractivity contribution in [2.45, 2.75) is 27.2 Å². The van der Waals surface area contributed by atoms with Crippen LogP contribution >= 0.6 is 11.6 Å². The largest absolute Gasteiger partial charge is 0.340 e. The first-order valence-corrected chi connectivity index (χ1v) is 8.43. The Bertz CT molecular complexity index is 831. The van der Waals surface area contributed by atoms with Crippen molar-refractivity contribution >= 4 is 23.1 Å². The average Bonchev–Trinajstić information content (AvgIpc) is 2.53. The van der Waals surface area contributed by atoms with Crippen molar-refractivity contribution in [3.63, 3.8) is 0 Å². The number of hydrogen-bond acceptors (Lipinski definition) is 2. The number of pyridine rings is 1. The van der Waals surface area contributed by atoms with Gasteiger partial charge in [0.15, 0.2) is 0 Å². The van der Waals surface area contributed by atoms with E-state index in [4.69, 9.17) is 11.6 Å². The van der Waals surface area contributed by atoms with E-state index in [0.717, 1.165) is 22.9 Å². The molecule has 1 aromatic heterocycles. The molecule has 2 nitrogen and oxygen atoms in total. The zero-order valence-electron chi connectivity index (χ0n) is 14.2. The van der Waals surface area contributed by atoms with Crippen LogP contribution in [0.3, 0.4) is 0 Å². The fourth-order valence-corrected chi connectivity index (χ4v) is 3.15. The number of nitrogens with one attached hydrogen (secondary N) is 1. The molecule has 0 saturated heterocycles. The summed E-state index contributed by atoms with van der Waals surface area (Å²) in [6.07, 6.45) is 2.77. The molecular formula is C21H21ClN2. The van der Waals surface area contributed by atoms with E-state index in [1.54, 1.807) is 0 Å². The SMILES string of the molecule is Cc1cc(C)c(Cc2ccnc(Nc3ccc(Cl)cc3)c2)c(C)c1. The summed E-state index contributed by atoms with van der Waals surface area (Å²) in [6, 6.07) is 16.3. The third kappa shape index (κ3) is 3.95. The first-order chi connectivity index (χ1) is 11.5. The Morgan fingerprint density at radius 2 is 1.58 bits per heavy atom. The van der Waals surface area contributed by atoms with Gasteiger partial charge >= 0.3 is 0 Å². The van der Waals surface area contributed by atoms with Crippen molar-refractivity contribution in [2.75, 3.05) is 5.32 Å². The van der Waals surface area contributed by atoms with Crippen molar-refractivity contribution in [2.24, 2.45) is 0 Å². The Morgan fingerprint density at radius 1 is 0.917 bits per heavy atom. The normalized spacial score (nSPS) is 10.7. The molecule has 0 radical (unpaired) electrons. The third-order valence-corrected chi connectivity index (χ3v) is 4.41. The Balaban J connectivity index is 1.82. The molecular weight excluding hydrogens is 316 g/mol. The highest BCUT2D eigenvalue weighted by molar-refractivity contribution is 6.30. The van der Waals surface area contributed by atoms with Crippen molar-refractivity contribution in [1.82, 2.24) is 4.98 Å². The molecule has 0 aliphatic rings. The monoisotopic (exact) mass is 336 g/mol. The zero-order valence-corrected chi connectivity index (χ0v) is 15.0. The number of rotatable bonds is 4. The Labute approximate surface area is 148 Å². The van der Waals surface area contributed by atoms with E-state index in [2.05, 4.69) is 55.3 Å². The number of hydrogen-bond donors (Lipinski definition) is 1. The topological polar surface area (TPSA) is 24.9 Å². The van der Waals surface area contributed by atoms with Crippen LogP contribution in [0.4, 0.5) is 11.5 Å². The maximum Gasteiger partial charge on any atom is 0.130 e. The van der Waals surface area contributed by atoms with Gasteiger partial charge in [0.1, 0.15) is 5.82 Å². The smallest absolute Gasteiger partial charge is 0.130 e. The molecule has 0 atom stereocenters. The fourth-order valence-electron chi connectivity index (χ4n) is 3.03. The van der Waals surface area contributed by atoms with Gasteiger partial charge in [-0.15, -0.1) is 0 Å². The van der Waals surface area contributed by atoms with Crippen LogP contribution in [-0.4, -0.2) is 4.98 Å². The average molecular weight is 337 g/mol. The number of aryl methyl sites for hydroxylation is 3. The zero-order chi connectivity index (χ0) is 17.1. The summed E-state index contributed by atoms with van der Waals surface area (Å²) in [5, 5.41) is 4.06. The molecule has 3 heteroatoms. The first-order valence-electron chi connectivity index (χ1n) is 8.05. The minimum Gasteiger partial charge on any atom is -0.340 e. The summed E-state index contributed by atoms with van der Waals surface area (Å²) >= 11 is 5.93. The summed E-state index contributed by atoms with van der Waals surface area (Å²) in [5.74, 6) is 0.845. The molecule has 0 fully saturated rings. The lowest BCUT2D eigenvalue weighted by atomic mass is 9.94. The lowest BCUT2D eigenvalue weighted by molar-refractivity contribution is 1.10. The van der Waals surface area contributed by atoms with E-state index in [1.807, 2.05) is 30.5 Å². The highest BCUT2D eigenvalue weighted by Crippen LogP contribution is 2.22. The van der Waals surface area contributed by atoms with E-state index >= 15 is 0 Å². The Morgan fingerprint density at radius 3 is 2.25 bits per heavy atom. The number of aromatic nitrogens is 1. The molecule has 0 bridgehead atoms. The molecule has 3 rings (SSSR count). The number of benzene rings is 2. The van der Waals surface area contributed by atoms with Crippen molar-refractivity contribution in [1.29, 1.82) is 0 Å². The predicted molar refractivity (Wildman–Crippen MR) is 102 cm³/mol. The number of nitrogens with zero attached hydrogens (tertiary/aromatic N) is 1. The van der Waals surface area contributed by atoms with Crippen molar-refractivity contribution in [3.05, 3.63) is 87.6 Å². The summed E-state index contributed by atoms with van der Waals surface area (Å²) in [7, 11) is 0. The second-order valence-corrected chi connectivity index (χ2v) is 6.67. The molecule has 1 heterocycles. The van der Waals surface area contributed by atoms with Gasteiger partial charge in [0, 0.05) is 16.9 Å². The van der Waals surface area contributed by atoms with Gasteiger partial charge in [-0.1, -0.05) is 29.3 Å². The van der Waals surface area contributed by atoms with Crippen LogP contribution < -0.4 is 5.32 Å². The lowest BCUT2D eigenvalue weighted by Gasteiger charge is -2.12. The predicted octanol–water partition coefficient (Wildman–Crippen LogP) is 5.99. The quantitative estimate of drug-likeness (QED) is 0.632. The van der Waals surface area contributed by atoms with Gasteiger partial charge in [-0.05, 0) is 85.8 Å². The van der Waals surface area contributed by atoms with Gasteiger partial charge in [0.05, 0.1) is 0 Å². The summed E-state index contributed by atoms with van der Waals surface area (Å²) in [6.45, 7) is 6.51. The highest BCUT2D eigenvalue weighted by Gasteiger charge is 2.06. The van der Waals surface area contributed by atoms with Gasteiger partial charge in [0.2, 0.25) is 0 Å². The van der Waals surface area contributed by atoms with Crippen LogP contribution in [0.2, 0.25) is 5.02 Å². The lowest BCUT2D eigenvalue weighted by Crippen LogP contribution is -1.99. The standard InChI is InChI=1S/C21H21ClN2/c1-14-10-15(2)20(16(3)11-14)12-17-8-9-23-21(13-17)24-19-6-4-18(22)5-7-19/h4-11,13H,12H2,1-3H3,(H,23,24). The van der Waals surface area contributed by atoms with Gasteiger partial charge in [-0.2, -0.15) is 0 Å². The van der Waals surface area contributed by atoms with Crippen LogP contribution in [0.5, 0.6) is 0 Å². The van der Waals surface area contributed by atoms with Crippen LogP contribution in [0.15, 0.2) is 54.7 Å². The van der Waals surface area contributed by atoms with E-state index in [0.29, 0.717) is 0 Å². The maximum absolute atomic E-state index is 5.93. The van der Waals surface area contributed by atoms with Gasteiger partial charge < -0.3 is 5.32 Å². The molecule has 0 unspecified atom stereocenters. The first kappa shape index (κ1) is 16.5. The van der Waals surface area contributed by atoms with Crippen LogP contribution in [0.25, 0.3) is 0 Å². The van der Waals surface area contributed by atoms with Crippen LogP contribution in [-0.2, 0) is 6.42 Å². The van der Waals surface area contributed by atoms with Gasteiger partial charge in [-0.3, -0.25) is 0 Å². The second kappa shape index (κ2) is 7.06. The van der Waals surface area contributed by atoms with E-state index in [1.165, 1.54) is 27.8 Å². The molecule has 2 aromatic carbocycles. The molecule has 0 aliphatic heterocycles. The van der Waals surface area contributed by atoms with Crippen LogP contribution in [0.1, 0.15) is 27.8 Å². The third-order valence-electron chi connectivity index (χ3n) is 4.16. The summed E-state index contributed by atoms with van der Waals surface area (Å²) < 4.78 is 0. The maximum atomic E-state index is 5.93. The summed E-state index contributed by atoms with van der Waals surface area (Å²) in [5.41, 5.74) is 7.62. The molecule has 1 N–H and O–H groups in total. The number of anilines is 2. The molecule has 0 amide bonds. The number of halogens is 1. The van der Waals surface area contributed by atoms with E-state index in [9.17, 15) is 0 Å². The highest BCUT2D eigenvalue weighted by atomic mass is 35.5. The Hall–Kier alpha value is -2.32.